The van der Waals surface area contributed by atoms with Gasteiger partial charge in [0.2, 0.25) is 0 Å². The van der Waals surface area contributed by atoms with E-state index in [0.717, 1.165) is 12.8 Å². The van der Waals surface area contributed by atoms with Gasteiger partial charge in [-0.05, 0) is 31.8 Å². The van der Waals surface area contributed by atoms with E-state index in [2.05, 4.69) is 26.5 Å². The summed E-state index contributed by atoms with van der Waals surface area (Å²) in [5.74, 6) is 0.0961. The molecule has 1 aliphatic heterocycles. The molecule has 0 radical (unpaired) electrons. The molecule has 2 aliphatic rings. The molecule has 1 aliphatic carbocycles. The van der Waals surface area contributed by atoms with Crippen LogP contribution in [0.3, 0.4) is 0 Å². The van der Waals surface area contributed by atoms with Crippen molar-refractivity contribution in [3.8, 4) is 0 Å². The Morgan fingerprint density at radius 1 is 1.50 bits per heavy atom. The van der Waals surface area contributed by atoms with E-state index in [1.165, 1.54) is 11.1 Å². The minimum atomic E-state index is -0.415. The Bertz CT molecular complexity index is 272. The second-order valence-electron chi connectivity index (χ2n) is 4.32. The molecule has 0 bridgehead atoms. The van der Waals surface area contributed by atoms with Gasteiger partial charge in [-0.25, -0.2) is 0 Å². The number of hydrogen-bond acceptors (Lipinski definition) is 2. The quantitative estimate of drug-likeness (QED) is 0.597. The van der Waals surface area contributed by atoms with E-state index in [9.17, 15) is 0 Å². The van der Waals surface area contributed by atoms with Gasteiger partial charge >= 0.3 is 0 Å². The number of ether oxygens (including phenoxy) is 2. The smallest absolute Gasteiger partial charge is 0.191 e. The van der Waals surface area contributed by atoms with E-state index < -0.39 is 5.79 Å². The van der Waals surface area contributed by atoms with Crippen molar-refractivity contribution in [2.45, 2.75) is 32.5 Å². The molecule has 1 heterocycles. The van der Waals surface area contributed by atoms with E-state index in [1.807, 2.05) is 0 Å². The van der Waals surface area contributed by atoms with Gasteiger partial charge in [0.15, 0.2) is 5.79 Å². The Morgan fingerprint density at radius 3 is 2.71 bits per heavy atom. The SMILES string of the molecule is C=C(C)[C@@H]1CC=C(C)C2(C1)OCCO2. The average molecular weight is 194 g/mol. The standard InChI is InChI=1S/C12H18O2/c1-9(2)11-5-4-10(3)12(8-11)13-6-7-14-12/h4,11H,1,5-8H2,2-3H3/t11-/m1/s1. The van der Waals surface area contributed by atoms with Crippen LogP contribution in [0.2, 0.25) is 0 Å². The van der Waals surface area contributed by atoms with Gasteiger partial charge in [0.05, 0.1) is 13.2 Å². The van der Waals surface area contributed by atoms with E-state index in [4.69, 9.17) is 9.47 Å². The third-order valence-corrected chi connectivity index (χ3v) is 3.28. The first-order valence-electron chi connectivity index (χ1n) is 5.24. The maximum atomic E-state index is 5.74. The molecule has 0 aromatic rings. The molecule has 1 spiro atoms. The molecule has 1 fully saturated rings. The van der Waals surface area contributed by atoms with Gasteiger partial charge < -0.3 is 9.47 Å². The van der Waals surface area contributed by atoms with E-state index in [1.54, 1.807) is 0 Å². The van der Waals surface area contributed by atoms with Crippen molar-refractivity contribution in [3.63, 3.8) is 0 Å². The molecular formula is C12H18O2. The van der Waals surface area contributed by atoms with Crippen LogP contribution in [0.25, 0.3) is 0 Å². The summed E-state index contributed by atoms with van der Waals surface area (Å²) in [5.41, 5.74) is 2.46. The molecule has 0 amide bonds. The Balaban J connectivity index is 2.20. The maximum absolute atomic E-state index is 5.74. The van der Waals surface area contributed by atoms with Crippen LogP contribution in [-0.2, 0) is 9.47 Å². The van der Waals surface area contributed by atoms with Crippen LogP contribution < -0.4 is 0 Å². The third-order valence-electron chi connectivity index (χ3n) is 3.28. The van der Waals surface area contributed by atoms with Crippen molar-refractivity contribution in [1.82, 2.24) is 0 Å². The molecule has 0 N–H and O–H groups in total. The van der Waals surface area contributed by atoms with E-state index in [0.29, 0.717) is 19.1 Å². The molecule has 2 heteroatoms. The largest absolute Gasteiger partial charge is 0.344 e. The molecule has 0 aromatic heterocycles. The fourth-order valence-corrected chi connectivity index (χ4v) is 2.22. The molecule has 0 unspecified atom stereocenters. The summed E-state index contributed by atoms with van der Waals surface area (Å²) in [7, 11) is 0. The Labute approximate surface area is 85.6 Å². The first-order valence-corrected chi connectivity index (χ1v) is 5.24. The van der Waals surface area contributed by atoms with E-state index in [-0.39, 0.29) is 0 Å². The predicted molar refractivity (Wildman–Crippen MR) is 55.9 cm³/mol. The lowest BCUT2D eigenvalue weighted by Gasteiger charge is -2.36. The van der Waals surface area contributed by atoms with Crippen molar-refractivity contribution in [3.05, 3.63) is 23.8 Å². The summed E-state index contributed by atoms with van der Waals surface area (Å²) in [6, 6.07) is 0. The minimum Gasteiger partial charge on any atom is -0.344 e. The van der Waals surface area contributed by atoms with Crippen LogP contribution in [0, 0.1) is 5.92 Å². The van der Waals surface area contributed by atoms with Crippen molar-refractivity contribution in [2.75, 3.05) is 13.2 Å². The van der Waals surface area contributed by atoms with Crippen LogP contribution in [0.1, 0.15) is 26.7 Å². The molecule has 0 aromatic carbocycles. The zero-order chi connectivity index (χ0) is 10.2. The third kappa shape index (κ3) is 1.53. The highest BCUT2D eigenvalue weighted by Gasteiger charge is 2.42. The van der Waals surface area contributed by atoms with Gasteiger partial charge in [0.25, 0.3) is 0 Å². The highest BCUT2D eigenvalue weighted by molar-refractivity contribution is 5.19. The molecule has 0 saturated carbocycles. The summed E-state index contributed by atoms with van der Waals surface area (Å²) in [6.45, 7) is 9.63. The molecular weight excluding hydrogens is 176 g/mol. The summed E-state index contributed by atoms with van der Waals surface area (Å²) < 4.78 is 11.5. The predicted octanol–water partition coefficient (Wildman–Crippen LogP) is 2.66. The monoisotopic (exact) mass is 194 g/mol. The topological polar surface area (TPSA) is 18.5 Å². The lowest BCUT2D eigenvalue weighted by molar-refractivity contribution is -0.140. The van der Waals surface area contributed by atoms with Crippen LogP contribution in [-0.4, -0.2) is 19.0 Å². The Hall–Kier alpha value is -0.600. The van der Waals surface area contributed by atoms with Crippen molar-refractivity contribution < 1.29 is 9.47 Å². The van der Waals surface area contributed by atoms with Crippen LogP contribution in [0.15, 0.2) is 23.8 Å². The summed E-state index contributed by atoms with van der Waals surface area (Å²) in [6.07, 6.45) is 4.24. The second-order valence-corrected chi connectivity index (χ2v) is 4.32. The van der Waals surface area contributed by atoms with Crippen molar-refractivity contribution in [1.29, 1.82) is 0 Å². The maximum Gasteiger partial charge on any atom is 0.191 e. The molecule has 1 saturated heterocycles. The molecule has 1 atom stereocenters. The zero-order valence-corrected chi connectivity index (χ0v) is 9.01. The van der Waals surface area contributed by atoms with Gasteiger partial charge in [-0.1, -0.05) is 18.2 Å². The van der Waals surface area contributed by atoms with Crippen molar-refractivity contribution >= 4 is 0 Å². The second kappa shape index (κ2) is 3.52. The summed E-state index contributed by atoms with van der Waals surface area (Å²) in [5, 5.41) is 0. The van der Waals surface area contributed by atoms with Gasteiger partial charge in [-0.2, -0.15) is 0 Å². The highest BCUT2D eigenvalue weighted by atomic mass is 16.7. The van der Waals surface area contributed by atoms with Crippen LogP contribution in [0.5, 0.6) is 0 Å². The first-order chi connectivity index (χ1) is 6.64. The minimum absolute atomic E-state index is 0.415. The lowest BCUT2D eigenvalue weighted by atomic mass is 9.82. The van der Waals surface area contributed by atoms with Gasteiger partial charge in [0, 0.05) is 6.42 Å². The number of allylic oxidation sites excluding steroid dienone is 2. The van der Waals surface area contributed by atoms with Gasteiger partial charge in [-0.15, -0.1) is 0 Å². The summed E-state index contributed by atoms with van der Waals surface area (Å²) >= 11 is 0. The zero-order valence-electron chi connectivity index (χ0n) is 9.01. The average Bonchev–Trinajstić information content (AvgIpc) is 2.59. The first kappa shape index (κ1) is 9.94. The van der Waals surface area contributed by atoms with Gasteiger partial charge in [-0.3, -0.25) is 0 Å². The molecule has 14 heavy (non-hydrogen) atoms. The van der Waals surface area contributed by atoms with E-state index >= 15 is 0 Å². The Morgan fingerprint density at radius 2 is 2.14 bits per heavy atom. The fourth-order valence-electron chi connectivity index (χ4n) is 2.22. The lowest BCUT2D eigenvalue weighted by Crippen LogP contribution is -2.37. The van der Waals surface area contributed by atoms with Crippen LogP contribution in [0.4, 0.5) is 0 Å². The van der Waals surface area contributed by atoms with Gasteiger partial charge in [0.1, 0.15) is 0 Å². The molecule has 78 valence electrons. The van der Waals surface area contributed by atoms with Crippen molar-refractivity contribution in [2.24, 2.45) is 5.92 Å². The number of rotatable bonds is 1. The molecule has 2 rings (SSSR count). The normalized spacial score (nSPS) is 30.4. The highest BCUT2D eigenvalue weighted by Crippen LogP contribution is 2.41. The number of hydrogen-bond donors (Lipinski definition) is 0. The fraction of sp³-hybridized carbons (Fsp3) is 0.667. The van der Waals surface area contributed by atoms with Crippen LogP contribution >= 0.6 is 0 Å². The Kier molecular flexibility index (Phi) is 2.50. The molecule has 2 nitrogen and oxygen atoms in total. The summed E-state index contributed by atoms with van der Waals surface area (Å²) in [4.78, 5) is 0.